The van der Waals surface area contributed by atoms with Crippen molar-refractivity contribution in [1.29, 1.82) is 0 Å². The Morgan fingerprint density at radius 2 is 1.57 bits per heavy atom. The van der Waals surface area contributed by atoms with Crippen molar-refractivity contribution in [2.24, 2.45) is 10.3 Å². The van der Waals surface area contributed by atoms with Crippen molar-refractivity contribution in [3.63, 3.8) is 0 Å². The zero-order chi connectivity index (χ0) is 19.0. The van der Waals surface area contributed by atoms with E-state index in [-0.39, 0.29) is 18.1 Å². The Morgan fingerprint density at radius 1 is 0.893 bits per heavy atom. The molecule has 1 aromatic carbocycles. The normalized spacial score (nSPS) is 30.2. The molecule has 0 spiro atoms. The van der Waals surface area contributed by atoms with Gasteiger partial charge in [-0.15, -0.1) is 0 Å². The van der Waals surface area contributed by atoms with Crippen LogP contribution in [0.25, 0.3) is 0 Å². The first-order chi connectivity index (χ1) is 13.9. The van der Waals surface area contributed by atoms with Crippen LogP contribution in [0.4, 0.5) is 0 Å². The summed E-state index contributed by atoms with van der Waals surface area (Å²) in [6.07, 6.45) is 9.37. The van der Waals surface area contributed by atoms with Crippen LogP contribution in [0, 0.1) is 0 Å². The van der Waals surface area contributed by atoms with E-state index >= 15 is 0 Å². The molecule has 2 saturated heterocycles. The van der Waals surface area contributed by atoms with Crippen LogP contribution in [0.15, 0.2) is 52.8 Å². The first-order valence-corrected chi connectivity index (χ1v) is 10.2. The SMILES string of the molecule is C1=C/C(=N\OCC2CCCO2)C(c2ccccc2)/C(=N\OCC2CCCO2)C1. The highest BCUT2D eigenvalue weighted by atomic mass is 16.6. The standard InChI is InChI=1S/C22H28N2O4/c1-2-7-17(8-3-1)22-20(23-27-15-18-9-5-13-25-18)11-4-12-21(22)24-28-16-19-10-6-14-26-19/h1-4,7-8,11,18-19,22H,5-6,9-10,12-16H2/b23-20+,24-21-. The maximum Gasteiger partial charge on any atom is 0.143 e. The predicted octanol–water partition coefficient (Wildman–Crippen LogP) is 3.83. The van der Waals surface area contributed by atoms with Crippen molar-refractivity contribution in [1.82, 2.24) is 0 Å². The molecule has 3 unspecified atom stereocenters. The van der Waals surface area contributed by atoms with E-state index in [0.717, 1.165) is 62.3 Å². The van der Waals surface area contributed by atoms with E-state index in [1.54, 1.807) is 0 Å². The molecule has 0 aromatic heterocycles. The summed E-state index contributed by atoms with van der Waals surface area (Å²) in [5.41, 5.74) is 2.91. The van der Waals surface area contributed by atoms with Gasteiger partial charge < -0.3 is 19.1 Å². The van der Waals surface area contributed by atoms with Crippen molar-refractivity contribution in [3.8, 4) is 0 Å². The van der Waals surface area contributed by atoms with Gasteiger partial charge in [0.2, 0.25) is 0 Å². The summed E-state index contributed by atoms with van der Waals surface area (Å²) in [6, 6.07) is 10.3. The fraction of sp³-hybridized carbons (Fsp3) is 0.545. The summed E-state index contributed by atoms with van der Waals surface area (Å²) < 4.78 is 11.2. The van der Waals surface area contributed by atoms with Gasteiger partial charge in [-0.3, -0.25) is 0 Å². The fourth-order valence-electron chi connectivity index (χ4n) is 3.82. The molecule has 0 N–H and O–H groups in total. The lowest BCUT2D eigenvalue weighted by molar-refractivity contribution is 0.0186. The van der Waals surface area contributed by atoms with Gasteiger partial charge in [-0.2, -0.15) is 0 Å². The molecule has 6 nitrogen and oxygen atoms in total. The van der Waals surface area contributed by atoms with Crippen LogP contribution in [0.1, 0.15) is 43.6 Å². The minimum atomic E-state index is -0.0693. The largest absolute Gasteiger partial charge is 0.393 e. The minimum absolute atomic E-state index is 0.0693. The second kappa shape index (κ2) is 9.85. The van der Waals surface area contributed by atoms with E-state index in [9.17, 15) is 0 Å². The third-order valence-electron chi connectivity index (χ3n) is 5.30. The highest BCUT2D eigenvalue weighted by molar-refractivity contribution is 6.18. The molecule has 0 amide bonds. The van der Waals surface area contributed by atoms with Crippen LogP contribution in [-0.4, -0.2) is 50.1 Å². The number of rotatable bonds is 7. The van der Waals surface area contributed by atoms with Crippen molar-refractivity contribution < 1.29 is 19.1 Å². The first-order valence-electron chi connectivity index (χ1n) is 10.2. The van der Waals surface area contributed by atoms with E-state index in [1.807, 2.05) is 24.3 Å². The number of allylic oxidation sites excluding steroid dienone is 2. The molecule has 1 aromatic rings. The van der Waals surface area contributed by atoms with Crippen LogP contribution in [0.2, 0.25) is 0 Å². The summed E-state index contributed by atoms with van der Waals surface area (Å²) in [6.45, 7) is 2.62. The molecule has 1 aliphatic carbocycles. The molecule has 2 aliphatic heterocycles. The van der Waals surface area contributed by atoms with Gasteiger partial charge in [0.1, 0.15) is 13.2 Å². The number of ether oxygens (including phenoxy) is 2. The monoisotopic (exact) mass is 384 g/mol. The summed E-state index contributed by atoms with van der Waals surface area (Å²) in [4.78, 5) is 11.3. The number of nitrogens with zero attached hydrogens (tertiary/aromatic N) is 2. The summed E-state index contributed by atoms with van der Waals surface area (Å²) in [7, 11) is 0. The molecule has 0 bridgehead atoms. The van der Waals surface area contributed by atoms with Gasteiger partial charge in [-0.05, 0) is 37.3 Å². The molecule has 150 valence electrons. The second-order valence-electron chi connectivity index (χ2n) is 7.41. The summed E-state index contributed by atoms with van der Waals surface area (Å²) >= 11 is 0. The zero-order valence-corrected chi connectivity index (χ0v) is 16.2. The van der Waals surface area contributed by atoms with E-state index in [1.165, 1.54) is 0 Å². The van der Waals surface area contributed by atoms with Crippen LogP contribution in [-0.2, 0) is 19.1 Å². The van der Waals surface area contributed by atoms with E-state index in [4.69, 9.17) is 19.1 Å². The van der Waals surface area contributed by atoms with Gasteiger partial charge in [0, 0.05) is 19.6 Å². The van der Waals surface area contributed by atoms with Crippen LogP contribution in [0.3, 0.4) is 0 Å². The molecular formula is C22H28N2O4. The summed E-state index contributed by atoms with van der Waals surface area (Å²) in [5, 5.41) is 8.89. The van der Waals surface area contributed by atoms with Crippen molar-refractivity contribution in [2.75, 3.05) is 26.4 Å². The molecule has 2 fully saturated rings. The highest BCUT2D eigenvalue weighted by Gasteiger charge is 2.27. The summed E-state index contributed by atoms with van der Waals surface area (Å²) in [5.74, 6) is -0.0693. The molecule has 0 saturated carbocycles. The number of oxime groups is 2. The maximum absolute atomic E-state index is 5.66. The zero-order valence-electron chi connectivity index (χ0n) is 16.2. The third kappa shape index (κ3) is 5.00. The number of hydrogen-bond donors (Lipinski definition) is 0. The third-order valence-corrected chi connectivity index (χ3v) is 5.30. The Hall–Kier alpha value is -2.18. The van der Waals surface area contributed by atoms with E-state index in [2.05, 4.69) is 28.5 Å². The van der Waals surface area contributed by atoms with Gasteiger partial charge in [0.25, 0.3) is 0 Å². The Labute approximate surface area is 166 Å². The van der Waals surface area contributed by atoms with Gasteiger partial charge in [0.15, 0.2) is 0 Å². The number of hydrogen-bond acceptors (Lipinski definition) is 6. The lowest BCUT2D eigenvalue weighted by atomic mass is 9.84. The van der Waals surface area contributed by atoms with Gasteiger partial charge in [-0.1, -0.05) is 46.7 Å². The Kier molecular flexibility index (Phi) is 6.73. The number of benzene rings is 1. The minimum Gasteiger partial charge on any atom is -0.393 e. The van der Waals surface area contributed by atoms with Gasteiger partial charge >= 0.3 is 0 Å². The molecule has 6 heteroatoms. The average molecular weight is 384 g/mol. The van der Waals surface area contributed by atoms with Crippen molar-refractivity contribution in [2.45, 2.75) is 50.2 Å². The maximum atomic E-state index is 5.66. The van der Waals surface area contributed by atoms with Gasteiger partial charge in [0.05, 0.1) is 29.5 Å². The average Bonchev–Trinajstić information content (AvgIpc) is 3.43. The molecular weight excluding hydrogens is 356 g/mol. The molecule has 4 rings (SSSR count). The molecule has 2 heterocycles. The van der Waals surface area contributed by atoms with E-state index in [0.29, 0.717) is 13.2 Å². The van der Waals surface area contributed by atoms with Crippen LogP contribution >= 0.6 is 0 Å². The van der Waals surface area contributed by atoms with Gasteiger partial charge in [-0.25, -0.2) is 0 Å². The van der Waals surface area contributed by atoms with Crippen LogP contribution < -0.4 is 0 Å². The van der Waals surface area contributed by atoms with Crippen LogP contribution in [0.5, 0.6) is 0 Å². The van der Waals surface area contributed by atoms with Crippen molar-refractivity contribution in [3.05, 3.63) is 48.0 Å². The second-order valence-corrected chi connectivity index (χ2v) is 7.41. The smallest absolute Gasteiger partial charge is 0.143 e. The fourth-order valence-corrected chi connectivity index (χ4v) is 3.82. The van der Waals surface area contributed by atoms with Crippen molar-refractivity contribution >= 4 is 11.4 Å². The molecule has 0 radical (unpaired) electrons. The quantitative estimate of drug-likeness (QED) is 0.670. The Bertz CT molecular complexity index is 705. The predicted molar refractivity (Wildman–Crippen MR) is 108 cm³/mol. The lowest BCUT2D eigenvalue weighted by Gasteiger charge is -2.22. The molecule has 3 aliphatic rings. The lowest BCUT2D eigenvalue weighted by Crippen LogP contribution is -2.25. The molecule has 28 heavy (non-hydrogen) atoms. The molecule has 3 atom stereocenters. The van der Waals surface area contributed by atoms with E-state index < -0.39 is 0 Å². The Morgan fingerprint density at radius 3 is 2.21 bits per heavy atom. The first kappa shape index (κ1) is 19.2. The highest BCUT2D eigenvalue weighted by Crippen LogP contribution is 2.26. The Balaban J connectivity index is 1.47. The topological polar surface area (TPSA) is 61.6 Å².